The van der Waals surface area contributed by atoms with E-state index in [0.29, 0.717) is 18.4 Å². The van der Waals surface area contributed by atoms with Gasteiger partial charge in [-0.2, -0.15) is 0 Å². The number of carbonyl (C=O) groups excluding carboxylic acids is 2. The number of hydrogen-bond acceptors (Lipinski definition) is 6. The molecule has 1 aliphatic rings. The molecule has 1 aromatic carbocycles. The van der Waals surface area contributed by atoms with Crippen LogP contribution in [0.1, 0.15) is 45.7 Å². The van der Waals surface area contributed by atoms with Crippen molar-refractivity contribution in [3.8, 4) is 0 Å². The van der Waals surface area contributed by atoms with Crippen LogP contribution in [0.5, 0.6) is 0 Å². The highest BCUT2D eigenvalue weighted by Crippen LogP contribution is 2.44. The predicted octanol–water partition coefficient (Wildman–Crippen LogP) is 2.16. The smallest absolute Gasteiger partial charge is 0.302 e. The fraction of sp³-hybridized carbons (Fsp3) is 0.294. The molecule has 1 amide bonds. The van der Waals surface area contributed by atoms with Crippen LogP contribution in [0.25, 0.3) is 0 Å². The Kier molecular flexibility index (Phi) is 5.08. The Hall–Kier alpha value is -3.01. The Balaban J connectivity index is 2.00. The van der Waals surface area contributed by atoms with Crippen LogP contribution in [-0.4, -0.2) is 28.1 Å². The second-order valence-electron chi connectivity index (χ2n) is 6.13. The van der Waals surface area contributed by atoms with E-state index >= 15 is 0 Å². The first kappa shape index (κ1) is 18.8. The lowest BCUT2D eigenvalue weighted by Crippen LogP contribution is -2.43. The molecule has 0 aliphatic heterocycles. The van der Waals surface area contributed by atoms with Crippen molar-refractivity contribution in [2.45, 2.75) is 31.2 Å². The zero-order valence-electron chi connectivity index (χ0n) is 14.0. The number of halogens is 3. The van der Waals surface area contributed by atoms with E-state index in [9.17, 15) is 22.8 Å². The lowest BCUT2D eigenvalue weighted by molar-refractivity contribution is 0.0669. The summed E-state index contributed by atoms with van der Waals surface area (Å²) in [6, 6.07) is 6.17. The summed E-state index contributed by atoms with van der Waals surface area (Å²) in [5.74, 6) is 1.81. The summed E-state index contributed by atoms with van der Waals surface area (Å²) in [5, 5.41) is 2.95. The number of nitrogens with zero attached hydrogens (tertiary/aromatic N) is 2. The van der Waals surface area contributed by atoms with Crippen LogP contribution in [0.15, 0.2) is 30.5 Å². The first-order valence-corrected chi connectivity index (χ1v) is 8.11. The summed E-state index contributed by atoms with van der Waals surface area (Å²) in [4.78, 5) is 31.2. The minimum absolute atomic E-state index is 0.157. The molecule has 1 fully saturated rings. The maximum absolute atomic E-state index is 14.2. The third-order valence-corrected chi connectivity index (χ3v) is 4.54. The summed E-state index contributed by atoms with van der Waals surface area (Å²) in [7, 11) is 0. The van der Waals surface area contributed by atoms with E-state index < -0.39 is 40.7 Å². The summed E-state index contributed by atoms with van der Waals surface area (Å²) in [6.07, 6.45) is -0.471. The Labute approximate surface area is 152 Å². The number of amides is 1. The molecule has 3 rings (SSSR count). The van der Waals surface area contributed by atoms with Crippen LogP contribution in [0.2, 0.25) is 0 Å². The number of benzene rings is 1. The molecule has 142 valence electrons. The van der Waals surface area contributed by atoms with Crippen LogP contribution in [0.3, 0.4) is 0 Å². The van der Waals surface area contributed by atoms with Crippen LogP contribution in [0, 0.1) is 5.82 Å². The van der Waals surface area contributed by atoms with Crippen molar-refractivity contribution in [3.05, 3.63) is 53.1 Å². The van der Waals surface area contributed by atoms with Gasteiger partial charge in [0.15, 0.2) is 0 Å². The number of rotatable bonds is 6. The van der Waals surface area contributed by atoms with Gasteiger partial charge in [0.1, 0.15) is 11.5 Å². The van der Waals surface area contributed by atoms with Crippen LogP contribution >= 0.6 is 0 Å². The monoisotopic (exact) mass is 379 g/mol. The van der Waals surface area contributed by atoms with Crippen molar-refractivity contribution < 1.29 is 22.8 Å². The average Bonchev–Trinajstić information content (AvgIpc) is 2.64. The number of anilines is 1. The van der Waals surface area contributed by atoms with Gasteiger partial charge in [0.05, 0.1) is 11.1 Å². The molecule has 1 heterocycles. The minimum Gasteiger partial charge on any atom is -0.345 e. The van der Waals surface area contributed by atoms with E-state index in [4.69, 9.17) is 5.84 Å². The Morgan fingerprint density at radius 1 is 1.22 bits per heavy atom. The van der Waals surface area contributed by atoms with Gasteiger partial charge in [0.2, 0.25) is 11.7 Å². The van der Waals surface area contributed by atoms with Crippen LogP contribution in [0.4, 0.5) is 19.1 Å². The molecule has 0 saturated heterocycles. The predicted molar refractivity (Wildman–Crippen MR) is 89.6 cm³/mol. The highest BCUT2D eigenvalue weighted by atomic mass is 19.3. The van der Waals surface area contributed by atoms with Crippen molar-refractivity contribution in [1.82, 2.24) is 15.4 Å². The molecule has 0 atom stereocenters. The number of carbonyl (C=O) groups is 2. The number of hydrogen-bond donors (Lipinski definition) is 3. The number of nitrogens with two attached hydrogens (primary N) is 1. The van der Waals surface area contributed by atoms with Crippen molar-refractivity contribution in [2.24, 2.45) is 5.84 Å². The van der Waals surface area contributed by atoms with E-state index in [1.165, 1.54) is 6.07 Å². The number of ketones is 1. The molecule has 1 aliphatic carbocycles. The van der Waals surface area contributed by atoms with Gasteiger partial charge in [0, 0.05) is 11.8 Å². The van der Waals surface area contributed by atoms with Gasteiger partial charge in [0.25, 0.3) is 5.91 Å². The molecule has 1 aromatic heterocycles. The largest absolute Gasteiger partial charge is 0.345 e. The number of Topliss-reactive ketones (excluding diaryl/α,β-unsaturated/α-hetero) is 1. The second-order valence-corrected chi connectivity index (χ2v) is 6.13. The maximum atomic E-state index is 14.2. The highest BCUT2D eigenvalue weighted by Gasteiger charge is 2.41. The van der Waals surface area contributed by atoms with Crippen molar-refractivity contribution in [3.63, 3.8) is 0 Å². The number of hydrazine groups is 1. The lowest BCUT2D eigenvalue weighted by Gasteiger charge is -2.43. The summed E-state index contributed by atoms with van der Waals surface area (Å²) < 4.78 is 40.0. The molecule has 0 bridgehead atoms. The van der Waals surface area contributed by atoms with E-state index in [1.54, 1.807) is 23.6 Å². The van der Waals surface area contributed by atoms with Gasteiger partial charge in [-0.05, 0) is 25.3 Å². The summed E-state index contributed by atoms with van der Waals surface area (Å²) in [5.41, 5.74) is 0.109. The molecule has 0 spiro atoms. The maximum Gasteiger partial charge on any atom is 0.302 e. The SMILES string of the molecule is NNC(=O)c1cnc(NC2(c3ccccc3F)CCC2)nc1C(=O)C(F)F. The molecule has 1 saturated carbocycles. The Morgan fingerprint density at radius 2 is 1.93 bits per heavy atom. The van der Waals surface area contributed by atoms with Gasteiger partial charge in [-0.1, -0.05) is 18.2 Å². The Bertz CT molecular complexity index is 887. The fourth-order valence-corrected chi connectivity index (χ4v) is 3.03. The van der Waals surface area contributed by atoms with Crippen molar-refractivity contribution in [1.29, 1.82) is 0 Å². The number of nitrogens with one attached hydrogen (secondary N) is 2. The van der Waals surface area contributed by atoms with Gasteiger partial charge in [-0.15, -0.1) is 0 Å². The van der Waals surface area contributed by atoms with Gasteiger partial charge < -0.3 is 5.32 Å². The molecule has 4 N–H and O–H groups in total. The number of aromatic nitrogens is 2. The fourth-order valence-electron chi connectivity index (χ4n) is 3.03. The van der Waals surface area contributed by atoms with Crippen LogP contribution in [-0.2, 0) is 5.54 Å². The van der Waals surface area contributed by atoms with Crippen LogP contribution < -0.4 is 16.6 Å². The summed E-state index contributed by atoms with van der Waals surface area (Å²) in [6.45, 7) is 0. The highest BCUT2D eigenvalue weighted by molar-refractivity contribution is 6.07. The van der Waals surface area contributed by atoms with E-state index in [0.717, 1.165) is 12.6 Å². The van der Waals surface area contributed by atoms with E-state index in [-0.39, 0.29) is 5.95 Å². The number of nitrogen functional groups attached to an aromatic ring is 1. The first-order valence-electron chi connectivity index (χ1n) is 8.11. The zero-order valence-corrected chi connectivity index (χ0v) is 14.0. The Morgan fingerprint density at radius 3 is 2.48 bits per heavy atom. The zero-order chi connectivity index (χ0) is 19.6. The third-order valence-electron chi connectivity index (χ3n) is 4.54. The second kappa shape index (κ2) is 7.31. The van der Waals surface area contributed by atoms with Crippen molar-refractivity contribution >= 4 is 17.6 Å². The molecule has 0 radical (unpaired) electrons. The first-order chi connectivity index (χ1) is 12.9. The topological polar surface area (TPSA) is 110 Å². The molecule has 27 heavy (non-hydrogen) atoms. The van der Waals surface area contributed by atoms with E-state index in [2.05, 4.69) is 15.3 Å². The normalized spacial score (nSPS) is 15.1. The standard InChI is InChI=1S/C17H16F3N5O2/c18-11-5-2-1-4-10(11)17(6-3-7-17)24-16-22-8-9(15(27)25-21)12(23-16)13(26)14(19)20/h1-2,4-5,8,14H,3,6-7,21H2,(H,25,27)(H,22,23,24). The lowest BCUT2D eigenvalue weighted by atomic mass is 9.71. The molecular formula is C17H16F3N5O2. The van der Waals surface area contributed by atoms with Gasteiger partial charge in [-0.25, -0.2) is 29.0 Å². The summed E-state index contributed by atoms with van der Waals surface area (Å²) >= 11 is 0. The van der Waals surface area contributed by atoms with Gasteiger partial charge in [-0.3, -0.25) is 15.0 Å². The van der Waals surface area contributed by atoms with Gasteiger partial charge >= 0.3 is 6.43 Å². The minimum atomic E-state index is -3.36. The molecular weight excluding hydrogens is 363 g/mol. The van der Waals surface area contributed by atoms with Crippen molar-refractivity contribution in [2.75, 3.05) is 5.32 Å². The molecule has 0 unspecified atom stereocenters. The number of alkyl halides is 2. The molecule has 2 aromatic rings. The average molecular weight is 379 g/mol. The van der Waals surface area contributed by atoms with E-state index in [1.807, 2.05) is 0 Å². The third kappa shape index (κ3) is 3.47. The molecule has 7 nitrogen and oxygen atoms in total. The quantitative estimate of drug-likeness (QED) is 0.307. The molecule has 10 heteroatoms.